The summed E-state index contributed by atoms with van der Waals surface area (Å²) in [6, 6.07) is 24.6. The number of nitrogens with zero attached hydrogens (tertiary/aromatic N) is 1. The fraction of sp³-hybridized carbons (Fsp3) is 0.574. The quantitative estimate of drug-likeness (QED) is 0.0700. The lowest BCUT2D eigenvalue weighted by molar-refractivity contribution is -0.276. The van der Waals surface area contributed by atoms with Gasteiger partial charge in [-0.1, -0.05) is 146 Å². The van der Waals surface area contributed by atoms with E-state index in [2.05, 4.69) is 79.5 Å². The summed E-state index contributed by atoms with van der Waals surface area (Å²) in [5.74, 6) is -0.924. The molecule has 55 heavy (non-hydrogen) atoms. The number of nitrogens with one attached hydrogen (secondary N) is 1. The fourth-order valence-electron chi connectivity index (χ4n) is 7.52. The topological polar surface area (TPSA) is 108 Å². The van der Waals surface area contributed by atoms with Crippen molar-refractivity contribution in [3.8, 4) is 11.1 Å². The average molecular weight is 757 g/mol. The number of amides is 1. The molecule has 0 aliphatic carbocycles. The highest BCUT2D eigenvalue weighted by Gasteiger charge is 2.39. The Hall–Kier alpha value is -3.56. The number of benzene rings is 3. The number of hydrogen-bond acceptors (Lipinski definition) is 6. The summed E-state index contributed by atoms with van der Waals surface area (Å²) in [6.45, 7) is 10.2. The van der Waals surface area contributed by atoms with Crippen LogP contribution in [0.15, 0.2) is 72.8 Å². The van der Waals surface area contributed by atoms with Crippen LogP contribution in [0, 0.1) is 5.92 Å². The number of carboxylic acids is 1. The van der Waals surface area contributed by atoms with E-state index in [1.165, 1.54) is 77.0 Å². The Bertz CT molecular complexity index is 1530. The average Bonchev–Trinajstić information content (AvgIpc) is 3.20. The molecular formula is C47H68N2O6. The molecule has 1 fully saturated rings. The number of aliphatic hydroxyl groups is 1. The maximum atomic E-state index is 12.3. The van der Waals surface area contributed by atoms with Crippen LogP contribution >= 0.6 is 0 Å². The summed E-state index contributed by atoms with van der Waals surface area (Å²) >= 11 is 0. The lowest BCUT2D eigenvalue weighted by atomic mass is 9.89. The van der Waals surface area contributed by atoms with E-state index < -0.39 is 12.3 Å². The lowest BCUT2D eigenvalue weighted by Gasteiger charge is -2.43. The van der Waals surface area contributed by atoms with E-state index in [0.717, 1.165) is 53.0 Å². The van der Waals surface area contributed by atoms with E-state index in [0.29, 0.717) is 13.0 Å². The number of hydrogen-bond donors (Lipinski definition) is 3. The van der Waals surface area contributed by atoms with E-state index in [1.54, 1.807) is 0 Å². The van der Waals surface area contributed by atoms with E-state index >= 15 is 0 Å². The number of carbonyl (C=O) groups excluding carboxylic acids is 1. The van der Waals surface area contributed by atoms with Gasteiger partial charge in [-0.15, -0.1) is 0 Å². The Kier molecular flexibility index (Phi) is 20.0. The zero-order chi connectivity index (χ0) is 39.3. The highest BCUT2D eigenvalue weighted by molar-refractivity contribution is 5.76. The molecule has 1 amide bonds. The van der Waals surface area contributed by atoms with Gasteiger partial charge < -0.3 is 29.9 Å². The molecule has 3 N–H and O–H groups in total. The maximum Gasteiger partial charge on any atom is 0.303 e. The first-order chi connectivity index (χ1) is 26.8. The highest BCUT2D eigenvalue weighted by Crippen LogP contribution is 2.42. The van der Waals surface area contributed by atoms with Gasteiger partial charge in [-0.25, -0.2) is 0 Å². The van der Waals surface area contributed by atoms with Crippen molar-refractivity contribution in [3.63, 3.8) is 0 Å². The van der Waals surface area contributed by atoms with Crippen molar-refractivity contribution in [2.24, 2.45) is 5.92 Å². The van der Waals surface area contributed by atoms with Gasteiger partial charge in [0.15, 0.2) is 6.29 Å². The van der Waals surface area contributed by atoms with Crippen molar-refractivity contribution in [2.75, 3.05) is 19.6 Å². The molecule has 3 aromatic carbocycles. The number of carbonyl (C=O) groups is 2. The maximum absolute atomic E-state index is 12.3. The zero-order valence-electron chi connectivity index (χ0n) is 33.9. The predicted octanol–water partition coefficient (Wildman–Crippen LogP) is 10.5. The number of unbranched alkanes of at least 4 members (excludes halogenated alkanes) is 10. The molecule has 1 aliphatic heterocycles. The fourth-order valence-corrected chi connectivity index (χ4v) is 7.52. The molecule has 4 rings (SSSR count). The largest absolute Gasteiger partial charge is 0.481 e. The molecule has 0 saturated carbocycles. The molecular weight excluding hydrogens is 689 g/mol. The Balaban J connectivity index is 1.52. The summed E-state index contributed by atoms with van der Waals surface area (Å²) in [7, 11) is 0. The minimum absolute atomic E-state index is 0.00865. The first-order valence-electron chi connectivity index (χ1n) is 21.2. The monoisotopic (exact) mass is 757 g/mol. The van der Waals surface area contributed by atoms with Crippen molar-refractivity contribution in [1.82, 2.24) is 10.2 Å². The SMILES string of the molecule is CCCCCCCCN(CCCCCCCC)CC1OC(c2cccc(-c3cccc(CNC(=O)CCCC(=O)O)c3)c2)OC(c2ccc(CO)cc2)C1C. The summed E-state index contributed by atoms with van der Waals surface area (Å²) in [6.07, 6.45) is 15.1. The van der Waals surface area contributed by atoms with Crippen molar-refractivity contribution in [2.45, 2.75) is 149 Å². The van der Waals surface area contributed by atoms with Crippen LogP contribution in [0.3, 0.4) is 0 Å². The van der Waals surface area contributed by atoms with Crippen molar-refractivity contribution in [1.29, 1.82) is 0 Å². The minimum atomic E-state index is -0.891. The smallest absolute Gasteiger partial charge is 0.303 e. The number of aliphatic carboxylic acids is 1. The van der Waals surface area contributed by atoms with Crippen LogP contribution in [0.4, 0.5) is 0 Å². The van der Waals surface area contributed by atoms with Gasteiger partial charge in [-0.3, -0.25) is 9.59 Å². The molecule has 8 heteroatoms. The normalized spacial score (nSPS) is 18.4. The second kappa shape index (κ2) is 24.8. The van der Waals surface area contributed by atoms with E-state index in [4.69, 9.17) is 14.6 Å². The third kappa shape index (κ3) is 15.5. The third-order valence-corrected chi connectivity index (χ3v) is 10.9. The van der Waals surface area contributed by atoms with Gasteiger partial charge in [0.05, 0.1) is 18.8 Å². The van der Waals surface area contributed by atoms with Crippen LogP contribution in [0.1, 0.15) is 152 Å². The van der Waals surface area contributed by atoms with Gasteiger partial charge >= 0.3 is 5.97 Å². The Morgan fingerprint density at radius 3 is 1.95 bits per heavy atom. The molecule has 1 saturated heterocycles. The molecule has 4 atom stereocenters. The zero-order valence-corrected chi connectivity index (χ0v) is 33.9. The molecule has 0 bridgehead atoms. The van der Waals surface area contributed by atoms with Crippen LogP contribution in [0.25, 0.3) is 11.1 Å². The van der Waals surface area contributed by atoms with Gasteiger partial charge in [0.25, 0.3) is 0 Å². The third-order valence-electron chi connectivity index (χ3n) is 10.9. The van der Waals surface area contributed by atoms with Gasteiger partial charge in [0, 0.05) is 37.4 Å². The standard InChI is InChI=1S/C47H68N2O6/c1-4-6-8-10-12-14-29-49(30-15-13-11-9-7-5-2)34-43-36(3)46(39-27-25-37(35-50)26-28-39)55-47(54-43)42-22-17-21-41(32-42)40-20-16-19-38(31-40)33-48-44(51)23-18-24-45(52)53/h16-17,19-22,25-28,31-32,36,43,46-47,50H,4-15,18,23-24,29-30,33-35H2,1-3H3,(H,48,51)(H,52,53). The van der Waals surface area contributed by atoms with Crippen molar-refractivity contribution >= 4 is 11.9 Å². The summed E-state index contributed by atoms with van der Waals surface area (Å²) in [5.41, 5.74) is 5.97. The second-order valence-corrected chi connectivity index (χ2v) is 15.5. The number of aliphatic hydroxyl groups excluding tert-OH is 1. The predicted molar refractivity (Wildman–Crippen MR) is 221 cm³/mol. The summed E-state index contributed by atoms with van der Waals surface area (Å²) < 4.78 is 13.8. The Morgan fingerprint density at radius 1 is 0.691 bits per heavy atom. The molecule has 0 radical (unpaired) electrons. The van der Waals surface area contributed by atoms with Crippen molar-refractivity contribution < 1.29 is 29.3 Å². The van der Waals surface area contributed by atoms with Gasteiger partial charge in [-0.05, 0) is 72.3 Å². The number of ether oxygens (including phenoxy) is 2. The van der Waals surface area contributed by atoms with E-state index in [-0.39, 0.29) is 43.5 Å². The van der Waals surface area contributed by atoms with E-state index in [1.807, 2.05) is 24.3 Å². The van der Waals surface area contributed by atoms with Crippen LogP contribution < -0.4 is 5.32 Å². The van der Waals surface area contributed by atoms with Gasteiger partial charge in [0.2, 0.25) is 5.91 Å². The minimum Gasteiger partial charge on any atom is -0.481 e. The Labute approximate surface area is 331 Å². The molecule has 0 aromatic heterocycles. The first-order valence-corrected chi connectivity index (χ1v) is 21.2. The lowest BCUT2D eigenvalue weighted by Crippen LogP contribution is -2.45. The number of rotatable bonds is 26. The van der Waals surface area contributed by atoms with Crippen molar-refractivity contribution in [3.05, 3.63) is 95.1 Å². The second-order valence-electron chi connectivity index (χ2n) is 15.5. The van der Waals surface area contributed by atoms with Crippen LogP contribution in [0.2, 0.25) is 0 Å². The Morgan fingerprint density at radius 2 is 1.31 bits per heavy atom. The molecule has 302 valence electrons. The molecule has 4 unspecified atom stereocenters. The van der Waals surface area contributed by atoms with Crippen LogP contribution in [-0.4, -0.2) is 52.7 Å². The van der Waals surface area contributed by atoms with Gasteiger partial charge in [0.1, 0.15) is 0 Å². The molecule has 3 aromatic rings. The van der Waals surface area contributed by atoms with E-state index in [9.17, 15) is 14.7 Å². The number of carboxylic acid groups (broad SMARTS) is 1. The van der Waals surface area contributed by atoms with Crippen LogP contribution in [0.5, 0.6) is 0 Å². The van der Waals surface area contributed by atoms with Gasteiger partial charge in [-0.2, -0.15) is 0 Å². The molecule has 1 heterocycles. The highest BCUT2D eigenvalue weighted by atomic mass is 16.7. The molecule has 0 spiro atoms. The summed E-state index contributed by atoms with van der Waals surface area (Å²) in [5, 5.41) is 21.5. The first kappa shape index (κ1) is 44.2. The molecule has 1 aliphatic rings. The summed E-state index contributed by atoms with van der Waals surface area (Å²) in [4.78, 5) is 25.8. The molecule has 8 nitrogen and oxygen atoms in total. The van der Waals surface area contributed by atoms with Crippen LogP contribution in [-0.2, 0) is 32.2 Å².